The molecule has 3 N–H and O–H groups in total. The summed E-state index contributed by atoms with van der Waals surface area (Å²) in [7, 11) is 0. The van der Waals surface area contributed by atoms with Crippen molar-refractivity contribution in [2.45, 2.75) is 289 Å². The van der Waals surface area contributed by atoms with Gasteiger partial charge in [0.15, 0.2) is 0 Å². The van der Waals surface area contributed by atoms with Gasteiger partial charge in [0.1, 0.15) is 6.10 Å². The minimum atomic E-state index is -0.776. The normalized spacial score (nSPS) is 13.2. The number of hydrogen-bond acceptors (Lipinski definition) is 5. The van der Waals surface area contributed by atoms with Crippen molar-refractivity contribution < 1.29 is 24.5 Å². The van der Waals surface area contributed by atoms with Crippen LogP contribution in [-0.4, -0.2) is 46.9 Å². The Morgan fingerprint density at radius 3 is 1.13 bits per heavy atom. The molecule has 0 aromatic heterocycles. The topological polar surface area (TPSA) is 95.9 Å². The number of amides is 1. The lowest BCUT2D eigenvalue weighted by atomic mass is 10.0. The van der Waals surface area contributed by atoms with Crippen LogP contribution in [0.25, 0.3) is 0 Å². The first-order valence-electron chi connectivity index (χ1n) is 24.3. The molecule has 54 heavy (non-hydrogen) atoms. The molecule has 0 fully saturated rings. The van der Waals surface area contributed by atoms with Gasteiger partial charge in [-0.2, -0.15) is 0 Å². The van der Waals surface area contributed by atoms with E-state index < -0.39 is 18.2 Å². The lowest BCUT2D eigenvalue weighted by Gasteiger charge is -2.24. The smallest absolute Gasteiger partial charge is 0.306 e. The number of rotatable bonds is 44. The molecule has 3 atom stereocenters. The van der Waals surface area contributed by atoms with Crippen LogP contribution in [0.5, 0.6) is 0 Å². The molecule has 0 spiro atoms. The van der Waals surface area contributed by atoms with E-state index in [1.807, 2.05) is 0 Å². The lowest BCUT2D eigenvalue weighted by molar-refractivity contribution is -0.151. The highest BCUT2D eigenvalue weighted by Gasteiger charge is 2.24. The molecule has 0 heterocycles. The Morgan fingerprint density at radius 2 is 0.778 bits per heavy atom. The van der Waals surface area contributed by atoms with Gasteiger partial charge in [-0.15, -0.1) is 0 Å². The second-order valence-corrected chi connectivity index (χ2v) is 16.9. The molecule has 6 nitrogen and oxygen atoms in total. The SMILES string of the molecule is CCCCCCCCCCCCCCCCCCCCCC(=O)OC(CCCCCCCCC)CC(=O)NC(CO)C(O)CCCCCCCCCCC. The van der Waals surface area contributed by atoms with Gasteiger partial charge in [0.05, 0.1) is 25.2 Å². The van der Waals surface area contributed by atoms with Crippen LogP contribution in [0.1, 0.15) is 271 Å². The maximum atomic E-state index is 13.1. The van der Waals surface area contributed by atoms with E-state index in [0.717, 1.165) is 38.5 Å². The zero-order valence-corrected chi connectivity index (χ0v) is 36.6. The summed E-state index contributed by atoms with van der Waals surface area (Å²) in [5.41, 5.74) is 0. The summed E-state index contributed by atoms with van der Waals surface area (Å²) in [6, 6.07) is -0.689. The molecule has 0 radical (unpaired) electrons. The van der Waals surface area contributed by atoms with E-state index in [1.165, 1.54) is 186 Å². The Balaban J connectivity index is 4.27. The van der Waals surface area contributed by atoms with Crippen LogP contribution in [0.4, 0.5) is 0 Å². The molecule has 0 aromatic rings. The van der Waals surface area contributed by atoms with Crippen molar-refractivity contribution in [1.29, 1.82) is 0 Å². The van der Waals surface area contributed by atoms with Gasteiger partial charge in [-0.05, 0) is 25.7 Å². The van der Waals surface area contributed by atoms with Gasteiger partial charge in [0, 0.05) is 6.42 Å². The van der Waals surface area contributed by atoms with E-state index in [2.05, 4.69) is 26.1 Å². The molecule has 0 aliphatic rings. The zero-order valence-electron chi connectivity index (χ0n) is 36.6. The van der Waals surface area contributed by atoms with E-state index in [-0.39, 0.29) is 24.9 Å². The summed E-state index contributed by atoms with van der Waals surface area (Å²) in [6.07, 6.45) is 44.7. The molecule has 322 valence electrons. The fourth-order valence-electron chi connectivity index (χ4n) is 7.73. The van der Waals surface area contributed by atoms with Gasteiger partial charge in [-0.1, -0.05) is 233 Å². The lowest BCUT2D eigenvalue weighted by Crippen LogP contribution is -2.46. The van der Waals surface area contributed by atoms with Gasteiger partial charge >= 0.3 is 5.97 Å². The molecule has 0 saturated heterocycles. The van der Waals surface area contributed by atoms with Crippen molar-refractivity contribution in [2.24, 2.45) is 0 Å². The van der Waals surface area contributed by atoms with Crippen molar-refractivity contribution in [3.05, 3.63) is 0 Å². The molecular weight excluding hydrogens is 671 g/mol. The van der Waals surface area contributed by atoms with Gasteiger partial charge < -0.3 is 20.3 Å². The summed E-state index contributed by atoms with van der Waals surface area (Å²) in [4.78, 5) is 25.9. The van der Waals surface area contributed by atoms with Crippen molar-refractivity contribution >= 4 is 11.9 Å². The monoisotopic (exact) mass is 766 g/mol. The van der Waals surface area contributed by atoms with Crippen molar-refractivity contribution in [3.63, 3.8) is 0 Å². The Bertz CT molecular complexity index is 776. The number of esters is 1. The average molecular weight is 766 g/mol. The average Bonchev–Trinajstić information content (AvgIpc) is 3.16. The Hall–Kier alpha value is -1.14. The molecule has 0 bridgehead atoms. The van der Waals surface area contributed by atoms with Crippen LogP contribution in [0.15, 0.2) is 0 Å². The number of nitrogens with one attached hydrogen (secondary N) is 1. The summed E-state index contributed by atoms with van der Waals surface area (Å²) in [5.74, 6) is -0.462. The predicted molar refractivity (Wildman–Crippen MR) is 232 cm³/mol. The quantitative estimate of drug-likeness (QED) is 0.0424. The summed E-state index contributed by atoms with van der Waals surface area (Å²) in [6.45, 7) is 6.45. The third-order valence-electron chi connectivity index (χ3n) is 11.4. The third-order valence-corrected chi connectivity index (χ3v) is 11.4. The molecule has 0 aliphatic heterocycles. The van der Waals surface area contributed by atoms with Crippen LogP contribution in [0.2, 0.25) is 0 Å². The highest BCUT2D eigenvalue weighted by atomic mass is 16.5. The Labute approximate surface area is 336 Å². The van der Waals surface area contributed by atoms with Gasteiger partial charge in [0.2, 0.25) is 5.91 Å². The van der Waals surface area contributed by atoms with E-state index in [0.29, 0.717) is 19.3 Å². The minimum Gasteiger partial charge on any atom is -0.462 e. The molecule has 0 saturated carbocycles. The van der Waals surface area contributed by atoms with Crippen LogP contribution in [0.3, 0.4) is 0 Å². The van der Waals surface area contributed by atoms with Crippen molar-refractivity contribution in [3.8, 4) is 0 Å². The molecule has 0 aromatic carbocycles. The molecule has 3 unspecified atom stereocenters. The minimum absolute atomic E-state index is 0.0853. The number of ether oxygens (including phenoxy) is 1. The second kappa shape index (κ2) is 43.0. The number of unbranched alkanes of at least 4 members (excludes halogenated alkanes) is 32. The van der Waals surface area contributed by atoms with Crippen LogP contribution in [-0.2, 0) is 14.3 Å². The van der Waals surface area contributed by atoms with E-state index in [4.69, 9.17) is 4.74 Å². The first-order chi connectivity index (χ1) is 26.5. The molecular formula is C48H95NO5. The molecule has 0 aliphatic carbocycles. The Kier molecular flexibility index (Phi) is 42.1. The van der Waals surface area contributed by atoms with E-state index in [9.17, 15) is 19.8 Å². The molecule has 0 rings (SSSR count). The maximum Gasteiger partial charge on any atom is 0.306 e. The maximum absolute atomic E-state index is 13.1. The highest BCUT2D eigenvalue weighted by Crippen LogP contribution is 2.18. The van der Waals surface area contributed by atoms with Crippen molar-refractivity contribution in [2.75, 3.05) is 6.61 Å². The predicted octanol–water partition coefficient (Wildman–Crippen LogP) is 14.0. The van der Waals surface area contributed by atoms with Gasteiger partial charge in [0.25, 0.3) is 0 Å². The summed E-state index contributed by atoms with van der Waals surface area (Å²) >= 11 is 0. The number of carbonyl (C=O) groups is 2. The fraction of sp³-hybridized carbons (Fsp3) is 0.958. The number of hydrogen-bond donors (Lipinski definition) is 3. The molecule has 1 amide bonds. The zero-order chi connectivity index (χ0) is 39.6. The van der Waals surface area contributed by atoms with Crippen LogP contribution < -0.4 is 5.32 Å². The summed E-state index contributed by atoms with van der Waals surface area (Å²) in [5, 5.41) is 23.5. The number of carbonyl (C=O) groups excluding carboxylic acids is 2. The van der Waals surface area contributed by atoms with Gasteiger partial charge in [-0.3, -0.25) is 9.59 Å². The second-order valence-electron chi connectivity index (χ2n) is 16.9. The van der Waals surface area contributed by atoms with Gasteiger partial charge in [-0.25, -0.2) is 0 Å². The fourth-order valence-corrected chi connectivity index (χ4v) is 7.73. The van der Waals surface area contributed by atoms with Crippen molar-refractivity contribution in [1.82, 2.24) is 5.32 Å². The van der Waals surface area contributed by atoms with Crippen LogP contribution in [0, 0.1) is 0 Å². The standard InChI is InChI=1S/C48H95NO5/c1-4-7-10-13-16-18-19-20-21-22-23-24-25-26-27-29-32-35-38-41-48(53)54-44(39-36-33-30-15-12-9-6-3)42-47(52)49-45(43-50)46(51)40-37-34-31-28-17-14-11-8-5-2/h44-46,50-51H,4-43H2,1-3H3,(H,49,52). The number of aliphatic hydroxyl groups is 2. The first-order valence-corrected chi connectivity index (χ1v) is 24.3. The number of aliphatic hydroxyl groups excluding tert-OH is 2. The van der Waals surface area contributed by atoms with Crippen LogP contribution >= 0.6 is 0 Å². The highest BCUT2D eigenvalue weighted by molar-refractivity contribution is 5.77. The first kappa shape index (κ1) is 52.9. The summed E-state index contributed by atoms with van der Waals surface area (Å²) < 4.78 is 5.89. The Morgan fingerprint density at radius 1 is 0.463 bits per heavy atom. The van der Waals surface area contributed by atoms with E-state index in [1.54, 1.807) is 0 Å². The molecule has 6 heteroatoms. The third kappa shape index (κ3) is 37.8. The van der Waals surface area contributed by atoms with E-state index >= 15 is 0 Å². The largest absolute Gasteiger partial charge is 0.462 e.